The minimum absolute atomic E-state index is 0.0956. The van der Waals surface area contributed by atoms with Crippen LogP contribution in [0.2, 0.25) is 0 Å². The van der Waals surface area contributed by atoms with E-state index in [1.165, 1.54) is 0 Å². The number of phenolic OH excluding ortho intramolecular Hbond substituents is 1. The van der Waals surface area contributed by atoms with E-state index in [1.54, 1.807) is 25.1 Å². The Kier molecular flexibility index (Phi) is 4.08. The van der Waals surface area contributed by atoms with Crippen LogP contribution in [0.3, 0.4) is 0 Å². The highest BCUT2D eigenvalue weighted by Gasteiger charge is 2.20. The van der Waals surface area contributed by atoms with E-state index >= 15 is 0 Å². The van der Waals surface area contributed by atoms with Crippen molar-refractivity contribution in [2.45, 2.75) is 13.8 Å². The predicted octanol–water partition coefficient (Wildman–Crippen LogP) is 2.71. The van der Waals surface area contributed by atoms with Gasteiger partial charge in [-0.05, 0) is 53.3 Å². The van der Waals surface area contributed by atoms with Gasteiger partial charge in [-0.2, -0.15) is 0 Å². The average Bonchev–Trinajstić information content (AvgIpc) is 2.64. The number of halogens is 1. The SMILES string of the molecule is CCOc1cc(/C=C2/N=C(C)OC2=O)cc(I)c1O. The molecule has 1 aliphatic rings. The van der Waals surface area contributed by atoms with Crippen LogP contribution in [-0.4, -0.2) is 23.6 Å². The normalized spacial score (nSPS) is 16.5. The molecule has 0 aliphatic carbocycles. The summed E-state index contributed by atoms with van der Waals surface area (Å²) in [5.74, 6) is 0.333. The fourth-order valence-electron chi connectivity index (χ4n) is 1.62. The van der Waals surface area contributed by atoms with Gasteiger partial charge in [0.15, 0.2) is 23.1 Å². The maximum Gasteiger partial charge on any atom is 0.363 e. The van der Waals surface area contributed by atoms with Crippen LogP contribution in [0.5, 0.6) is 11.5 Å². The topological polar surface area (TPSA) is 68.1 Å². The molecule has 1 heterocycles. The molecule has 0 bridgehead atoms. The van der Waals surface area contributed by atoms with Gasteiger partial charge >= 0.3 is 5.97 Å². The zero-order valence-electron chi connectivity index (χ0n) is 10.4. The Morgan fingerprint density at radius 2 is 2.26 bits per heavy atom. The number of aromatic hydroxyl groups is 1. The number of aliphatic imine (C=N–C) groups is 1. The summed E-state index contributed by atoms with van der Waals surface area (Å²) in [4.78, 5) is 15.5. The van der Waals surface area contributed by atoms with Gasteiger partial charge in [0.05, 0.1) is 10.2 Å². The zero-order chi connectivity index (χ0) is 14.0. The Hall–Kier alpha value is -1.57. The first kappa shape index (κ1) is 13.9. The van der Waals surface area contributed by atoms with E-state index < -0.39 is 5.97 Å². The largest absolute Gasteiger partial charge is 0.504 e. The van der Waals surface area contributed by atoms with Gasteiger partial charge in [0.2, 0.25) is 0 Å². The first-order valence-corrected chi connectivity index (χ1v) is 6.73. The molecule has 0 spiro atoms. The van der Waals surface area contributed by atoms with Gasteiger partial charge < -0.3 is 14.6 Å². The number of ether oxygens (including phenoxy) is 2. The first-order valence-electron chi connectivity index (χ1n) is 5.65. The van der Waals surface area contributed by atoms with Crippen LogP contribution in [0, 0.1) is 3.57 Å². The molecule has 0 atom stereocenters. The van der Waals surface area contributed by atoms with Crippen molar-refractivity contribution in [3.63, 3.8) is 0 Å². The van der Waals surface area contributed by atoms with Crippen molar-refractivity contribution in [2.24, 2.45) is 4.99 Å². The quantitative estimate of drug-likeness (QED) is 0.503. The Bertz CT molecular complexity index is 593. The van der Waals surface area contributed by atoms with Gasteiger partial charge in [-0.3, -0.25) is 0 Å². The molecule has 0 saturated carbocycles. The minimum atomic E-state index is -0.474. The highest BCUT2D eigenvalue weighted by Crippen LogP contribution is 2.33. The van der Waals surface area contributed by atoms with Gasteiger partial charge in [0, 0.05) is 6.92 Å². The number of carbonyl (C=O) groups excluding carboxylic acids is 1. The Morgan fingerprint density at radius 1 is 1.53 bits per heavy atom. The summed E-state index contributed by atoms with van der Waals surface area (Å²) in [6.07, 6.45) is 1.60. The molecule has 1 aromatic carbocycles. The Labute approximate surface area is 124 Å². The van der Waals surface area contributed by atoms with Crippen molar-refractivity contribution in [3.05, 3.63) is 27.0 Å². The molecule has 1 aliphatic heterocycles. The van der Waals surface area contributed by atoms with Crippen LogP contribution in [-0.2, 0) is 9.53 Å². The third-order valence-electron chi connectivity index (χ3n) is 2.38. The van der Waals surface area contributed by atoms with Crippen LogP contribution in [0.1, 0.15) is 19.4 Å². The van der Waals surface area contributed by atoms with Gasteiger partial charge in [-0.15, -0.1) is 0 Å². The summed E-state index contributed by atoms with van der Waals surface area (Å²) in [7, 11) is 0. The second-order valence-electron chi connectivity index (χ2n) is 3.83. The van der Waals surface area contributed by atoms with E-state index in [4.69, 9.17) is 9.47 Å². The molecule has 2 rings (SSSR count). The van der Waals surface area contributed by atoms with Gasteiger partial charge in [0.1, 0.15) is 0 Å². The highest BCUT2D eigenvalue weighted by molar-refractivity contribution is 14.1. The van der Waals surface area contributed by atoms with E-state index in [9.17, 15) is 9.90 Å². The van der Waals surface area contributed by atoms with E-state index in [-0.39, 0.29) is 11.4 Å². The summed E-state index contributed by atoms with van der Waals surface area (Å²) in [5.41, 5.74) is 0.956. The lowest BCUT2D eigenvalue weighted by atomic mass is 10.1. The number of hydrogen-bond donors (Lipinski definition) is 1. The van der Waals surface area contributed by atoms with Crippen LogP contribution in [0.4, 0.5) is 0 Å². The van der Waals surface area contributed by atoms with E-state index in [1.807, 2.05) is 29.5 Å². The second-order valence-corrected chi connectivity index (χ2v) is 4.99. The number of carbonyl (C=O) groups is 1. The molecular weight excluding hydrogens is 361 g/mol. The molecule has 0 radical (unpaired) electrons. The summed E-state index contributed by atoms with van der Waals surface area (Å²) in [6.45, 7) is 3.90. The molecule has 0 fully saturated rings. The van der Waals surface area contributed by atoms with E-state index in [0.29, 0.717) is 21.8 Å². The summed E-state index contributed by atoms with van der Waals surface area (Å²) in [5, 5.41) is 9.84. The van der Waals surface area contributed by atoms with Crippen molar-refractivity contribution in [1.82, 2.24) is 0 Å². The number of rotatable bonds is 3. The maximum absolute atomic E-state index is 11.5. The molecule has 0 aromatic heterocycles. The number of phenols is 1. The van der Waals surface area contributed by atoms with Crippen LogP contribution < -0.4 is 4.74 Å². The van der Waals surface area contributed by atoms with Crippen molar-refractivity contribution in [1.29, 1.82) is 0 Å². The lowest BCUT2D eigenvalue weighted by Gasteiger charge is -2.08. The van der Waals surface area contributed by atoms with Gasteiger partial charge in [-0.25, -0.2) is 9.79 Å². The number of hydrogen-bond acceptors (Lipinski definition) is 5. The summed E-state index contributed by atoms with van der Waals surface area (Å²) < 4.78 is 10.8. The molecule has 0 amide bonds. The van der Waals surface area contributed by atoms with Gasteiger partial charge in [-0.1, -0.05) is 0 Å². The van der Waals surface area contributed by atoms with Crippen molar-refractivity contribution < 1.29 is 19.4 Å². The van der Waals surface area contributed by atoms with Crippen LogP contribution in [0.25, 0.3) is 6.08 Å². The van der Waals surface area contributed by atoms with Gasteiger partial charge in [0.25, 0.3) is 0 Å². The molecule has 0 saturated heterocycles. The fraction of sp³-hybridized carbons (Fsp3) is 0.231. The molecule has 1 aromatic rings. The van der Waals surface area contributed by atoms with Crippen LogP contribution in [0.15, 0.2) is 22.8 Å². The Balaban J connectivity index is 2.41. The average molecular weight is 373 g/mol. The van der Waals surface area contributed by atoms with E-state index in [2.05, 4.69) is 4.99 Å². The fourth-order valence-corrected chi connectivity index (χ4v) is 2.24. The van der Waals surface area contributed by atoms with Crippen LogP contribution >= 0.6 is 22.6 Å². The number of nitrogens with zero attached hydrogens (tertiary/aromatic N) is 1. The number of cyclic esters (lactones) is 1. The smallest absolute Gasteiger partial charge is 0.363 e. The third-order valence-corrected chi connectivity index (χ3v) is 3.20. The molecule has 19 heavy (non-hydrogen) atoms. The van der Waals surface area contributed by atoms with Crippen molar-refractivity contribution in [2.75, 3.05) is 6.61 Å². The molecule has 0 unspecified atom stereocenters. The first-order chi connectivity index (χ1) is 9.01. The molecule has 1 N–H and O–H groups in total. The third kappa shape index (κ3) is 3.06. The molecule has 6 heteroatoms. The zero-order valence-corrected chi connectivity index (χ0v) is 12.6. The standard InChI is InChI=1S/C13H12INO4/c1-3-18-11-6-8(4-9(14)12(11)16)5-10-13(17)19-7(2)15-10/h4-6,16H,3H2,1-2H3/b10-5+. The molecule has 5 nitrogen and oxygen atoms in total. The monoisotopic (exact) mass is 373 g/mol. The molecular formula is C13H12INO4. The molecule has 100 valence electrons. The van der Waals surface area contributed by atoms with Crippen molar-refractivity contribution >= 4 is 40.5 Å². The number of benzene rings is 1. The Morgan fingerprint density at radius 3 is 2.84 bits per heavy atom. The maximum atomic E-state index is 11.5. The van der Waals surface area contributed by atoms with Crippen molar-refractivity contribution in [3.8, 4) is 11.5 Å². The lowest BCUT2D eigenvalue weighted by Crippen LogP contribution is -2.00. The number of esters is 1. The minimum Gasteiger partial charge on any atom is -0.504 e. The van der Waals surface area contributed by atoms with E-state index in [0.717, 1.165) is 5.56 Å². The summed E-state index contributed by atoms with van der Waals surface area (Å²) in [6, 6.07) is 3.40. The predicted molar refractivity (Wildman–Crippen MR) is 79.2 cm³/mol. The second kappa shape index (κ2) is 5.60. The lowest BCUT2D eigenvalue weighted by molar-refractivity contribution is -0.130. The summed E-state index contributed by atoms with van der Waals surface area (Å²) >= 11 is 2.00. The highest BCUT2D eigenvalue weighted by atomic mass is 127.